The molecule has 86 valence electrons. The number of hydrogen-bond acceptors (Lipinski definition) is 5. The highest BCUT2D eigenvalue weighted by Crippen LogP contribution is 2.39. The molecule has 0 fully saturated rings. The highest BCUT2D eigenvalue weighted by atomic mass is 16.7. The van der Waals surface area contributed by atoms with Crippen LogP contribution in [0.5, 0.6) is 17.2 Å². The summed E-state index contributed by atoms with van der Waals surface area (Å²) < 4.78 is 10.3. The number of rotatable bonds is 3. The number of nitrogens with two attached hydrogens (primary N) is 1. The number of hydrogen-bond donors (Lipinski definition) is 3. The lowest BCUT2D eigenvalue weighted by Gasteiger charge is -2.09. The number of phenolic OH excluding ortho intramolecular Hbond substituents is 1. The van der Waals surface area contributed by atoms with Crippen molar-refractivity contribution in [3.05, 3.63) is 17.7 Å². The topological polar surface area (TPSA) is 102 Å². The third kappa shape index (κ3) is 1.87. The zero-order valence-electron chi connectivity index (χ0n) is 8.34. The molecule has 1 heterocycles. The minimum absolute atomic E-state index is 0.00293. The molecule has 1 aromatic rings. The maximum Gasteiger partial charge on any atom is 0.320 e. The molecular weight excluding hydrogens is 214 g/mol. The Labute approximate surface area is 91.2 Å². The van der Waals surface area contributed by atoms with Crippen molar-refractivity contribution in [2.75, 3.05) is 6.79 Å². The summed E-state index contributed by atoms with van der Waals surface area (Å²) in [6.07, 6.45) is 0.0788. The standard InChI is InChI=1S/C10H11NO5/c11-7(10(13)14)2-5-1-6(12)3-8-9(5)16-4-15-8/h1,3,7,12H,2,4,11H2,(H,13,14). The van der Waals surface area contributed by atoms with Crippen LogP contribution in [-0.4, -0.2) is 29.0 Å². The minimum atomic E-state index is -1.10. The van der Waals surface area contributed by atoms with E-state index in [1.165, 1.54) is 12.1 Å². The molecule has 0 aromatic heterocycles. The quantitative estimate of drug-likeness (QED) is 0.673. The smallest absolute Gasteiger partial charge is 0.320 e. The molecule has 1 atom stereocenters. The summed E-state index contributed by atoms with van der Waals surface area (Å²) in [6.45, 7) is 0.0636. The molecular formula is C10H11NO5. The van der Waals surface area contributed by atoms with Gasteiger partial charge in [-0.3, -0.25) is 4.79 Å². The Morgan fingerprint density at radius 3 is 2.94 bits per heavy atom. The first-order valence-corrected chi connectivity index (χ1v) is 4.68. The summed E-state index contributed by atoms with van der Waals surface area (Å²) in [5.74, 6) is -0.241. The van der Waals surface area contributed by atoms with Crippen LogP contribution >= 0.6 is 0 Å². The average Bonchev–Trinajstić information content (AvgIpc) is 2.65. The summed E-state index contributed by atoms with van der Waals surface area (Å²) in [5.41, 5.74) is 5.95. The van der Waals surface area contributed by atoms with Crippen molar-refractivity contribution in [3.63, 3.8) is 0 Å². The molecule has 0 saturated carbocycles. The molecule has 2 rings (SSSR count). The van der Waals surface area contributed by atoms with Crippen LogP contribution in [0.4, 0.5) is 0 Å². The van der Waals surface area contributed by atoms with E-state index in [1.54, 1.807) is 0 Å². The van der Waals surface area contributed by atoms with E-state index >= 15 is 0 Å². The van der Waals surface area contributed by atoms with E-state index in [0.29, 0.717) is 17.1 Å². The Kier molecular flexibility index (Phi) is 2.57. The zero-order valence-corrected chi connectivity index (χ0v) is 8.34. The molecule has 6 nitrogen and oxygen atoms in total. The van der Waals surface area contributed by atoms with Crippen molar-refractivity contribution in [1.29, 1.82) is 0 Å². The fourth-order valence-corrected chi connectivity index (χ4v) is 1.54. The lowest BCUT2D eigenvalue weighted by atomic mass is 10.0. The van der Waals surface area contributed by atoms with Gasteiger partial charge in [0.05, 0.1) is 0 Å². The van der Waals surface area contributed by atoms with E-state index in [4.69, 9.17) is 20.3 Å². The number of ether oxygens (including phenoxy) is 2. The molecule has 0 aliphatic carbocycles. The summed E-state index contributed by atoms with van der Waals surface area (Å²) in [5, 5.41) is 18.1. The van der Waals surface area contributed by atoms with Crippen molar-refractivity contribution < 1.29 is 24.5 Å². The van der Waals surface area contributed by atoms with Crippen LogP contribution in [0.3, 0.4) is 0 Å². The lowest BCUT2D eigenvalue weighted by Crippen LogP contribution is -2.32. The van der Waals surface area contributed by atoms with E-state index < -0.39 is 12.0 Å². The van der Waals surface area contributed by atoms with Crippen LogP contribution in [0.2, 0.25) is 0 Å². The van der Waals surface area contributed by atoms with E-state index in [-0.39, 0.29) is 19.0 Å². The van der Waals surface area contributed by atoms with Gasteiger partial charge in [0.25, 0.3) is 0 Å². The normalized spacial score (nSPS) is 14.8. The Hall–Kier alpha value is -1.95. The molecule has 6 heteroatoms. The number of fused-ring (bicyclic) bond motifs is 1. The van der Waals surface area contributed by atoms with E-state index in [9.17, 15) is 9.90 Å². The van der Waals surface area contributed by atoms with Crippen molar-refractivity contribution in [3.8, 4) is 17.2 Å². The molecule has 1 unspecified atom stereocenters. The van der Waals surface area contributed by atoms with Gasteiger partial charge >= 0.3 is 5.97 Å². The molecule has 0 spiro atoms. The lowest BCUT2D eigenvalue weighted by molar-refractivity contribution is -0.138. The van der Waals surface area contributed by atoms with Crippen molar-refractivity contribution in [2.45, 2.75) is 12.5 Å². The SMILES string of the molecule is NC(Cc1cc(O)cc2c1OCO2)C(=O)O. The monoisotopic (exact) mass is 225 g/mol. The summed E-state index contributed by atoms with van der Waals surface area (Å²) in [7, 11) is 0. The first-order valence-electron chi connectivity index (χ1n) is 4.68. The Balaban J connectivity index is 2.30. The van der Waals surface area contributed by atoms with Crippen molar-refractivity contribution in [2.24, 2.45) is 5.73 Å². The average molecular weight is 225 g/mol. The molecule has 0 saturated heterocycles. The predicted octanol–water partition coefficient (Wildman–Crippen LogP) is 0.0753. The van der Waals surface area contributed by atoms with Crippen LogP contribution < -0.4 is 15.2 Å². The number of carboxylic acids is 1. The number of benzene rings is 1. The highest BCUT2D eigenvalue weighted by Gasteiger charge is 2.22. The van der Waals surface area contributed by atoms with Crippen LogP contribution in [0.15, 0.2) is 12.1 Å². The van der Waals surface area contributed by atoms with Gasteiger partial charge in [0.1, 0.15) is 11.8 Å². The minimum Gasteiger partial charge on any atom is -0.508 e. The van der Waals surface area contributed by atoms with E-state index in [2.05, 4.69) is 0 Å². The van der Waals surface area contributed by atoms with Gasteiger partial charge in [-0.15, -0.1) is 0 Å². The number of aromatic hydroxyl groups is 1. The van der Waals surface area contributed by atoms with Crippen LogP contribution in [0, 0.1) is 0 Å². The van der Waals surface area contributed by atoms with Gasteiger partial charge in [0.2, 0.25) is 6.79 Å². The molecule has 0 radical (unpaired) electrons. The van der Waals surface area contributed by atoms with Crippen molar-refractivity contribution >= 4 is 5.97 Å². The van der Waals surface area contributed by atoms with Gasteiger partial charge in [0.15, 0.2) is 11.5 Å². The van der Waals surface area contributed by atoms with E-state index in [1.807, 2.05) is 0 Å². The van der Waals surface area contributed by atoms with Crippen LogP contribution in [0.1, 0.15) is 5.56 Å². The maximum absolute atomic E-state index is 10.6. The fourth-order valence-electron chi connectivity index (χ4n) is 1.54. The summed E-state index contributed by atoms with van der Waals surface area (Å²) >= 11 is 0. The number of carbonyl (C=O) groups is 1. The molecule has 0 amide bonds. The van der Waals surface area contributed by atoms with Crippen LogP contribution in [0.25, 0.3) is 0 Å². The number of carboxylic acid groups (broad SMARTS) is 1. The summed E-state index contributed by atoms with van der Waals surface area (Å²) in [6, 6.07) is 1.81. The van der Waals surface area contributed by atoms with Gasteiger partial charge in [0, 0.05) is 18.1 Å². The second-order valence-corrected chi connectivity index (χ2v) is 3.49. The molecule has 16 heavy (non-hydrogen) atoms. The first-order chi connectivity index (χ1) is 7.58. The Morgan fingerprint density at radius 1 is 1.50 bits per heavy atom. The predicted molar refractivity (Wildman–Crippen MR) is 53.5 cm³/mol. The van der Waals surface area contributed by atoms with Gasteiger partial charge in [-0.1, -0.05) is 0 Å². The largest absolute Gasteiger partial charge is 0.508 e. The Bertz CT molecular complexity index is 431. The van der Waals surface area contributed by atoms with Gasteiger partial charge in [-0.2, -0.15) is 0 Å². The third-order valence-corrected chi connectivity index (χ3v) is 2.29. The maximum atomic E-state index is 10.6. The fraction of sp³-hybridized carbons (Fsp3) is 0.300. The van der Waals surface area contributed by atoms with Crippen molar-refractivity contribution in [1.82, 2.24) is 0 Å². The summed E-state index contributed by atoms with van der Waals surface area (Å²) in [4.78, 5) is 10.6. The number of phenols is 1. The molecule has 1 aromatic carbocycles. The van der Waals surface area contributed by atoms with Crippen LogP contribution in [-0.2, 0) is 11.2 Å². The molecule has 4 N–H and O–H groups in total. The van der Waals surface area contributed by atoms with Gasteiger partial charge < -0.3 is 25.4 Å². The van der Waals surface area contributed by atoms with Gasteiger partial charge in [-0.05, 0) is 6.07 Å². The van der Waals surface area contributed by atoms with Gasteiger partial charge in [-0.25, -0.2) is 0 Å². The number of aliphatic carboxylic acids is 1. The molecule has 1 aliphatic heterocycles. The molecule has 1 aliphatic rings. The third-order valence-electron chi connectivity index (χ3n) is 2.29. The first kappa shape index (κ1) is 10.6. The zero-order chi connectivity index (χ0) is 11.7. The second kappa shape index (κ2) is 3.90. The van der Waals surface area contributed by atoms with E-state index in [0.717, 1.165) is 0 Å². The Morgan fingerprint density at radius 2 is 2.25 bits per heavy atom. The molecule has 0 bridgehead atoms. The highest BCUT2D eigenvalue weighted by molar-refractivity contribution is 5.74. The second-order valence-electron chi connectivity index (χ2n) is 3.49.